The lowest BCUT2D eigenvalue weighted by molar-refractivity contribution is -0.136. The van der Waals surface area contributed by atoms with Crippen molar-refractivity contribution >= 4 is 5.52 Å². The minimum atomic E-state index is -4.59. The first-order valence-corrected chi connectivity index (χ1v) is 14.1. The summed E-state index contributed by atoms with van der Waals surface area (Å²) in [6.45, 7) is 1.69. The van der Waals surface area contributed by atoms with Crippen LogP contribution in [0.4, 0.5) is 17.6 Å². The second-order valence-corrected chi connectivity index (χ2v) is 12.0. The van der Waals surface area contributed by atoms with Crippen LogP contribution in [0.25, 0.3) is 5.52 Å². The number of aromatic nitrogens is 2. The third kappa shape index (κ3) is 4.91. The average Bonchev–Trinajstić information content (AvgIpc) is 3.54. The Kier molecular flexibility index (Phi) is 7.07. The monoisotopic (exact) mass is 538 g/mol. The summed E-state index contributed by atoms with van der Waals surface area (Å²) in [4.78, 5) is 17.7. The normalized spacial score (nSPS) is 30.8. The molecule has 4 heterocycles. The number of nitrogens with zero attached hydrogens (tertiary/aromatic N) is 4. The summed E-state index contributed by atoms with van der Waals surface area (Å²) in [5, 5.41) is 0. The molecule has 0 aromatic carbocycles. The Labute approximate surface area is 220 Å². The predicted molar refractivity (Wildman–Crippen MR) is 136 cm³/mol. The maximum absolute atomic E-state index is 14.2. The smallest absolute Gasteiger partial charge is 0.296 e. The van der Waals surface area contributed by atoms with E-state index in [1.165, 1.54) is 36.1 Å². The molecule has 2 aliphatic carbocycles. The van der Waals surface area contributed by atoms with E-state index >= 15 is 0 Å². The summed E-state index contributed by atoms with van der Waals surface area (Å²) in [5.74, 6) is 1.48. The summed E-state index contributed by atoms with van der Waals surface area (Å²) in [6.07, 6.45) is 5.31. The van der Waals surface area contributed by atoms with Crippen molar-refractivity contribution in [3.63, 3.8) is 0 Å². The molecule has 0 bridgehead atoms. The first-order chi connectivity index (χ1) is 18.2. The van der Waals surface area contributed by atoms with Gasteiger partial charge in [-0.3, -0.25) is 18.8 Å². The number of fused-ring (bicyclic) bond motifs is 1. The van der Waals surface area contributed by atoms with Gasteiger partial charge < -0.3 is 0 Å². The van der Waals surface area contributed by atoms with Crippen LogP contribution >= 0.6 is 0 Å². The average molecular weight is 539 g/mol. The molecule has 2 N–H and O–H groups in total. The van der Waals surface area contributed by atoms with Gasteiger partial charge in [-0.05, 0) is 62.1 Å². The molecule has 0 amide bonds. The van der Waals surface area contributed by atoms with Crippen molar-refractivity contribution in [2.24, 2.45) is 17.8 Å². The standard InChI is InChI=1S/C27H38F4N6O/c1-34-16-32-33-25(34)24(18-4-2-5-18)19-6-3-7-21(11-19)36-15-23-22(27(29,30)31)10-17(13-37(23)26(36)38)12-35-9-8-20(28)14-35/h10,13,15,18-21,24-25,32-33H,2-9,11-12,14,16H2,1H3/t19?,20-,21?,24-,25?/m0/s1. The molecular formula is C27H38F4N6O. The fourth-order valence-electron chi connectivity index (χ4n) is 7.43. The number of rotatable bonds is 6. The molecule has 38 heavy (non-hydrogen) atoms. The molecule has 4 fully saturated rings. The van der Waals surface area contributed by atoms with Gasteiger partial charge in [-0.2, -0.15) is 13.2 Å². The zero-order valence-electron chi connectivity index (χ0n) is 21.9. The topological polar surface area (TPSA) is 56.9 Å². The van der Waals surface area contributed by atoms with Crippen molar-refractivity contribution in [3.8, 4) is 0 Å². The maximum atomic E-state index is 14.2. The van der Waals surface area contributed by atoms with E-state index in [1.807, 2.05) is 4.90 Å². The summed E-state index contributed by atoms with van der Waals surface area (Å²) < 4.78 is 58.9. The van der Waals surface area contributed by atoms with Crippen LogP contribution in [0.5, 0.6) is 0 Å². The molecule has 0 spiro atoms. The number of nitrogens with one attached hydrogen (secondary N) is 2. The van der Waals surface area contributed by atoms with E-state index < -0.39 is 23.6 Å². The minimum absolute atomic E-state index is 0.102. The van der Waals surface area contributed by atoms with Gasteiger partial charge in [-0.1, -0.05) is 25.7 Å². The molecule has 5 atom stereocenters. The molecule has 2 saturated heterocycles. The van der Waals surface area contributed by atoms with Crippen molar-refractivity contribution in [2.45, 2.75) is 82.5 Å². The molecule has 4 aliphatic rings. The van der Waals surface area contributed by atoms with Gasteiger partial charge in [0.1, 0.15) is 6.17 Å². The minimum Gasteiger partial charge on any atom is -0.296 e. The Balaban J connectivity index is 1.31. The molecule has 210 valence electrons. The molecule has 0 radical (unpaired) electrons. The maximum Gasteiger partial charge on any atom is 0.418 e. The second kappa shape index (κ2) is 10.2. The Hall–Kier alpha value is -1.95. The van der Waals surface area contributed by atoms with Gasteiger partial charge in [0, 0.05) is 38.1 Å². The van der Waals surface area contributed by atoms with Crippen molar-refractivity contribution in [1.29, 1.82) is 0 Å². The van der Waals surface area contributed by atoms with Crippen LogP contribution < -0.4 is 16.5 Å². The van der Waals surface area contributed by atoms with Crippen LogP contribution in [0, 0.1) is 17.8 Å². The van der Waals surface area contributed by atoms with Gasteiger partial charge in [0.25, 0.3) is 0 Å². The summed E-state index contributed by atoms with van der Waals surface area (Å²) in [5.41, 5.74) is 5.77. The van der Waals surface area contributed by atoms with Crippen LogP contribution in [-0.4, -0.2) is 57.9 Å². The van der Waals surface area contributed by atoms with Gasteiger partial charge in [-0.25, -0.2) is 20.0 Å². The van der Waals surface area contributed by atoms with Crippen LogP contribution in [-0.2, 0) is 12.7 Å². The largest absolute Gasteiger partial charge is 0.418 e. The van der Waals surface area contributed by atoms with Gasteiger partial charge in [0.15, 0.2) is 0 Å². The third-order valence-electron chi connectivity index (χ3n) is 9.51. The molecule has 6 rings (SSSR count). The van der Waals surface area contributed by atoms with Crippen molar-refractivity contribution in [3.05, 3.63) is 40.1 Å². The highest BCUT2D eigenvalue weighted by Gasteiger charge is 2.44. The molecule has 3 unspecified atom stereocenters. The third-order valence-corrected chi connectivity index (χ3v) is 9.51. The van der Waals surface area contributed by atoms with E-state index in [4.69, 9.17) is 0 Å². The molecule has 2 saturated carbocycles. The number of likely N-dealkylation sites (tertiary alicyclic amines) is 1. The molecule has 7 nitrogen and oxygen atoms in total. The highest BCUT2D eigenvalue weighted by molar-refractivity contribution is 5.56. The zero-order valence-corrected chi connectivity index (χ0v) is 21.9. The van der Waals surface area contributed by atoms with Gasteiger partial charge in [0.05, 0.1) is 23.9 Å². The van der Waals surface area contributed by atoms with E-state index in [9.17, 15) is 22.4 Å². The molecule has 2 aromatic heterocycles. The number of pyridine rings is 1. The highest BCUT2D eigenvalue weighted by atomic mass is 19.4. The first-order valence-electron chi connectivity index (χ1n) is 14.1. The molecule has 2 aliphatic heterocycles. The molecular weight excluding hydrogens is 500 g/mol. The fraction of sp³-hybridized carbons (Fsp3) is 0.741. The Morgan fingerprint density at radius 3 is 2.47 bits per heavy atom. The number of hydrazine groups is 1. The summed E-state index contributed by atoms with van der Waals surface area (Å²) in [6, 6.07) is 1.01. The lowest BCUT2D eigenvalue weighted by Crippen LogP contribution is -2.50. The lowest BCUT2D eigenvalue weighted by atomic mass is 9.65. The first kappa shape index (κ1) is 26.3. The SMILES string of the molecule is CN1CNNC1[C@@H](C1CCC1)C1CCCC(n2cc3c(C(F)(F)F)cc(CN4CC[C@H](F)C4)cn3c2=O)C1. The Morgan fingerprint density at radius 1 is 1.08 bits per heavy atom. The Bertz CT molecular complexity index is 1210. The van der Waals surface area contributed by atoms with E-state index in [1.54, 1.807) is 4.57 Å². The van der Waals surface area contributed by atoms with E-state index in [0.717, 1.165) is 38.4 Å². The van der Waals surface area contributed by atoms with Crippen molar-refractivity contribution in [2.75, 3.05) is 26.8 Å². The zero-order chi connectivity index (χ0) is 26.6. The second-order valence-electron chi connectivity index (χ2n) is 12.0. The van der Waals surface area contributed by atoms with Crippen molar-refractivity contribution < 1.29 is 17.6 Å². The van der Waals surface area contributed by atoms with Crippen LogP contribution in [0.2, 0.25) is 0 Å². The van der Waals surface area contributed by atoms with Gasteiger partial charge >= 0.3 is 11.9 Å². The fourth-order valence-corrected chi connectivity index (χ4v) is 7.43. The van der Waals surface area contributed by atoms with Crippen LogP contribution in [0.3, 0.4) is 0 Å². The van der Waals surface area contributed by atoms with Crippen molar-refractivity contribution in [1.82, 2.24) is 29.6 Å². The van der Waals surface area contributed by atoms with Gasteiger partial charge in [-0.15, -0.1) is 0 Å². The lowest BCUT2D eigenvalue weighted by Gasteiger charge is -2.46. The summed E-state index contributed by atoms with van der Waals surface area (Å²) in [7, 11) is 2.11. The van der Waals surface area contributed by atoms with E-state index in [2.05, 4.69) is 22.8 Å². The van der Waals surface area contributed by atoms with Gasteiger partial charge in [0.2, 0.25) is 0 Å². The van der Waals surface area contributed by atoms with E-state index in [0.29, 0.717) is 36.3 Å². The number of hydrogen-bond donors (Lipinski definition) is 2. The van der Waals surface area contributed by atoms with E-state index in [-0.39, 0.29) is 30.8 Å². The highest BCUT2D eigenvalue weighted by Crippen LogP contribution is 2.47. The predicted octanol–water partition coefficient (Wildman–Crippen LogP) is 4.13. The number of hydrogen-bond acceptors (Lipinski definition) is 5. The quantitative estimate of drug-likeness (QED) is 0.542. The van der Waals surface area contributed by atoms with Crippen LogP contribution in [0.15, 0.2) is 23.3 Å². The summed E-state index contributed by atoms with van der Waals surface area (Å²) >= 11 is 0. The number of halogens is 4. The number of imidazole rings is 1. The number of alkyl halides is 4. The van der Waals surface area contributed by atoms with Crippen LogP contribution in [0.1, 0.15) is 68.5 Å². The molecule has 11 heteroatoms. The molecule has 2 aromatic rings. The Morgan fingerprint density at radius 2 is 1.84 bits per heavy atom.